The van der Waals surface area contributed by atoms with Gasteiger partial charge in [-0.1, -0.05) is 29.8 Å². The summed E-state index contributed by atoms with van der Waals surface area (Å²) in [6.45, 7) is 5.87. The van der Waals surface area contributed by atoms with Crippen molar-refractivity contribution >= 4 is 21.8 Å². The predicted molar refractivity (Wildman–Crippen MR) is 81.2 cm³/mol. The number of piperidine rings is 1. The first kappa shape index (κ1) is 15.4. The summed E-state index contributed by atoms with van der Waals surface area (Å²) in [5, 5.41) is 6.25. The van der Waals surface area contributed by atoms with Crippen molar-refractivity contribution in [1.29, 1.82) is 0 Å². The molecule has 20 heavy (non-hydrogen) atoms. The minimum Gasteiger partial charge on any atom is -0.350 e. The van der Waals surface area contributed by atoms with Crippen molar-refractivity contribution in [3.8, 4) is 0 Å². The van der Waals surface area contributed by atoms with Gasteiger partial charge in [-0.25, -0.2) is 4.39 Å². The third-order valence-corrected chi connectivity index (χ3v) is 4.47. The van der Waals surface area contributed by atoms with Crippen LogP contribution in [-0.4, -0.2) is 25.0 Å². The lowest BCUT2D eigenvalue weighted by Gasteiger charge is -2.39. The Labute approximate surface area is 127 Å². The molecule has 2 N–H and O–H groups in total. The van der Waals surface area contributed by atoms with Crippen molar-refractivity contribution in [1.82, 2.24) is 10.6 Å². The van der Waals surface area contributed by atoms with Gasteiger partial charge < -0.3 is 10.6 Å². The SMILES string of the molecule is CC1(C)CCCNC1CNC(=O)c1ccc(Br)cc1F. The van der Waals surface area contributed by atoms with Crippen LogP contribution in [0.5, 0.6) is 0 Å². The molecule has 1 unspecified atom stereocenters. The third kappa shape index (κ3) is 3.58. The average Bonchev–Trinajstić information content (AvgIpc) is 2.36. The quantitative estimate of drug-likeness (QED) is 0.886. The smallest absolute Gasteiger partial charge is 0.254 e. The van der Waals surface area contributed by atoms with Crippen molar-refractivity contribution in [2.45, 2.75) is 32.7 Å². The zero-order chi connectivity index (χ0) is 14.8. The fourth-order valence-electron chi connectivity index (χ4n) is 2.58. The van der Waals surface area contributed by atoms with Crippen molar-refractivity contribution in [2.24, 2.45) is 5.41 Å². The first-order valence-electron chi connectivity index (χ1n) is 6.87. The molecule has 1 aliphatic rings. The highest BCUT2D eigenvalue weighted by molar-refractivity contribution is 9.10. The van der Waals surface area contributed by atoms with Gasteiger partial charge in [-0.3, -0.25) is 4.79 Å². The van der Waals surface area contributed by atoms with Gasteiger partial charge in [-0.05, 0) is 43.0 Å². The zero-order valence-corrected chi connectivity index (χ0v) is 13.4. The second-order valence-electron chi connectivity index (χ2n) is 5.93. The minimum absolute atomic E-state index is 0.0850. The maximum absolute atomic E-state index is 13.7. The summed E-state index contributed by atoms with van der Waals surface area (Å²) in [5.41, 5.74) is 0.228. The monoisotopic (exact) mass is 342 g/mol. The summed E-state index contributed by atoms with van der Waals surface area (Å²) in [6, 6.07) is 4.69. The number of hydrogen-bond donors (Lipinski definition) is 2. The molecule has 0 spiro atoms. The Kier molecular flexibility index (Phi) is 4.81. The number of halogens is 2. The van der Waals surface area contributed by atoms with Gasteiger partial charge in [0.15, 0.2) is 0 Å². The third-order valence-electron chi connectivity index (χ3n) is 3.97. The Balaban J connectivity index is 1.98. The first-order chi connectivity index (χ1) is 9.40. The standard InChI is InChI=1S/C15H20BrFN2O/c1-15(2)6-3-7-18-13(15)9-19-14(20)11-5-4-10(16)8-12(11)17/h4-5,8,13,18H,3,6-7,9H2,1-2H3,(H,19,20). The van der Waals surface area contributed by atoms with Crippen LogP contribution < -0.4 is 10.6 Å². The number of hydrogen-bond acceptors (Lipinski definition) is 2. The fraction of sp³-hybridized carbons (Fsp3) is 0.533. The predicted octanol–water partition coefficient (Wildman–Crippen LogP) is 3.10. The highest BCUT2D eigenvalue weighted by Gasteiger charge is 2.32. The first-order valence-corrected chi connectivity index (χ1v) is 7.66. The van der Waals surface area contributed by atoms with E-state index in [0.717, 1.165) is 19.4 Å². The van der Waals surface area contributed by atoms with E-state index in [1.54, 1.807) is 6.07 Å². The van der Waals surface area contributed by atoms with E-state index >= 15 is 0 Å². The second-order valence-corrected chi connectivity index (χ2v) is 6.85. The molecule has 1 aromatic rings. The molecule has 2 rings (SSSR count). The van der Waals surface area contributed by atoms with Gasteiger partial charge in [0.05, 0.1) is 5.56 Å². The van der Waals surface area contributed by atoms with Gasteiger partial charge in [0.25, 0.3) is 5.91 Å². The second kappa shape index (κ2) is 6.22. The van der Waals surface area contributed by atoms with Gasteiger partial charge in [-0.15, -0.1) is 0 Å². The molecule has 0 bridgehead atoms. The van der Waals surface area contributed by atoms with Crippen LogP contribution in [-0.2, 0) is 0 Å². The van der Waals surface area contributed by atoms with Crippen LogP contribution in [0.15, 0.2) is 22.7 Å². The van der Waals surface area contributed by atoms with Crippen LogP contribution in [0.1, 0.15) is 37.0 Å². The summed E-state index contributed by atoms with van der Waals surface area (Å²) < 4.78 is 14.3. The number of amides is 1. The number of carbonyl (C=O) groups is 1. The molecule has 110 valence electrons. The van der Waals surface area contributed by atoms with Gasteiger partial charge in [-0.2, -0.15) is 0 Å². The Morgan fingerprint density at radius 3 is 2.95 bits per heavy atom. The number of rotatable bonds is 3. The lowest BCUT2D eigenvalue weighted by Crippen LogP contribution is -2.52. The van der Waals surface area contributed by atoms with E-state index < -0.39 is 5.82 Å². The van der Waals surface area contributed by atoms with Crippen LogP contribution in [0.4, 0.5) is 4.39 Å². The number of nitrogens with one attached hydrogen (secondary N) is 2. The van der Waals surface area contributed by atoms with E-state index in [4.69, 9.17) is 0 Å². The molecule has 1 aliphatic heterocycles. The topological polar surface area (TPSA) is 41.1 Å². The molecule has 5 heteroatoms. The highest BCUT2D eigenvalue weighted by atomic mass is 79.9. The molecular weight excluding hydrogens is 323 g/mol. The molecule has 1 amide bonds. The van der Waals surface area contributed by atoms with Crippen LogP contribution >= 0.6 is 15.9 Å². The molecule has 1 saturated heterocycles. The Hall–Kier alpha value is -0.940. The molecule has 1 atom stereocenters. The van der Waals surface area contributed by atoms with Gasteiger partial charge >= 0.3 is 0 Å². The molecule has 0 saturated carbocycles. The summed E-state index contributed by atoms with van der Waals surface area (Å²) >= 11 is 3.18. The molecular formula is C15H20BrFN2O. The minimum atomic E-state index is -0.507. The van der Waals surface area contributed by atoms with E-state index in [0.29, 0.717) is 11.0 Å². The molecule has 0 radical (unpaired) electrons. The van der Waals surface area contributed by atoms with E-state index in [9.17, 15) is 9.18 Å². The molecule has 1 aromatic carbocycles. The molecule has 0 aliphatic carbocycles. The molecule has 3 nitrogen and oxygen atoms in total. The summed E-state index contributed by atoms with van der Waals surface area (Å²) in [4.78, 5) is 12.0. The van der Waals surface area contributed by atoms with Crippen molar-refractivity contribution in [3.05, 3.63) is 34.1 Å². The van der Waals surface area contributed by atoms with E-state index in [2.05, 4.69) is 40.4 Å². The maximum Gasteiger partial charge on any atom is 0.254 e. The number of benzene rings is 1. The number of carbonyl (C=O) groups excluding carboxylic acids is 1. The summed E-state index contributed by atoms with van der Waals surface area (Å²) in [6.07, 6.45) is 2.28. The van der Waals surface area contributed by atoms with Crippen molar-refractivity contribution in [3.63, 3.8) is 0 Å². The summed E-state index contributed by atoms with van der Waals surface area (Å²) in [5.74, 6) is -0.870. The highest BCUT2D eigenvalue weighted by Crippen LogP contribution is 2.29. The Morgan fingerprint density at radius 2 is 2.30 bits per heavy atom. The van der Waals surface area contributed by atoms with Crippen LogP contribution in [0.25, 0.3) is 0 Å². The van der Waals surface area contributed by atoms with Crippen molar-refractivity contribution < 1.29 is 9.18 Å². The van der Waals surface area contributed by atoms with E-state index in [-0.39, 0.29) is 22.9 Å². The van der Waals surface area contributed by atoms with E-state index in [1.807, 2.05) is 0 Å². The Morgan fingerprint density at radius 1 is 1.55 bits per heavy atom. The molecule has 1 fully saturated rings. The summed E-state index contributed by atoms with van der Waals surface area (Å²) in [7, 11) is 0. The van der Waals surface area contributed by atoms with Crippen LogP contribution in [0, 0.1) is 11.2 Å². The van der Waals surface area contributed by atoms with Crippen LogP contribution in [0.2, 0.25) is 0 Å². The van der Waals surface area contributed by atoms with E-state index in [1.165, 1.54) is 12.1 Å². The van der Waals surface area contributed by atoms with Gasteiger partial charge in [0.2, 0.25) is 0 Å². The zero-order valence-electron chi connectivity index (χ0n) is 11.8. The van der Waals surface area contributed by atoms with Gasteiger partial charge in [0.1, 0.15) is 5.82 Å². The maximum atomic E-state index is 13.7. The normalized spacial score (nSPS) is 21.5. The lowest BCUT2D eigenvalue weighted by molar-refractivity contribution is 0.0925. The largest absolute Gasteiger partial charge is 0.350 e. The lowest BCUT2D eigenvalue weighted by atomic mass is 9.77. The molecule has 1 heterocycles. The van der Waals surface area contributed by atoms with Gasteiger partial charge in [0, 0.05) is 17.1 Å². The van der Waals surface area contributed by atoms with Crippen LogP contribution in [0.3, 0.4) is 0 Å². The fourth-order valence-corrected chi connectivity index (χ4v) is 2.92. The molecule has 0 aromatic heterocycles. The average molecular weight is 343 g/mol. The van der Waals surface area contributed by atoms with Crippen molar-refractivity contribution in [2.75, 3.05) is 13.1 Å². The Bertz CT molecular complexity index is 505.